The Kier molecular flexibility index (Phi) is 3.83. The second-order valence-corrected chi connectivity index (χ2v) is 7.02. The number of carbonyl (C=O) groups excluding carboxylic acids is 1. The summed E-state index contributed by atoms with van der Waals surface area (Å²) < 4.78 is 0. The average molecular weight is 300 g/mol. The van der Waals surface area contributed by atoms with E-state index in [0.717, 1.165) is 30.7 Å². The number of fused-ring (bicyclic) bond motifs is 1. The SMILES string of the molecule is CC1(NCc2cc(C(N)=O)cs2)CCc2ccccc2C1. The molecule has 4 heteroatoms. The average Bonchev–Trinajstić information content (AvgIpc) is 2.94. The normalized spacial score (nSPS) is 21.0. The van der Waals surface area contributed by atoms with Crippen LogP contribution in [0.4, 0.5) is 0 Å². The van der Waals surface area contributed by atoms with E-state index in [0.29, 0.717) is 5.56 Å². The second-order valence-electron chi connectivity index (χ2n) is 6.03. The molecule has 0 fully saturated rings. The van der Waals surface area contributed by atoms with Gasteiger partial charge in [-0.15, -0.1) is 11.3 Å². The number of nitrogens with one attached hydrogen (secondary N) is 1. The topological polar surface area (TPSA) is 55.1 Å². The van der Waals surface area contributed by atoms with E-state index in [1.165, 1.54) is 11.1 Å². The lowest BCUT2D eigenvalue weighted by Gasteiger charge is -2.36. The fourth-order valence-corrected chi connectivity index (χ4v) is 3.76. The van der Waals surface area contributed by atoms with E-state index < -0.39 is 0 Å². The van der Waals surface area contributed by atoms with Crippen molar-refractivity contribution in [3.8, 4) is 0 Å². The van der Waals surface area contributed by atoms with Gasteiger partial charge in [0.25, 0.3) is 0 Å². The van der Waals surface area contributed by atoms with Crippen molar-refractivity contribution in [1.82, 2.24) is 5.32 Å². The van der Waals surface area contributed by atoms with Crippen LogP contribution in [0.3, 0.4) is 0 Å². The van der Waals surface area contributed by atoms with Crippen molar-refractivity contribution in [2.45, 2.75) is 38.3 Å². The number of carbonyl (C=O) groups is 1. The minimum Gasteiger partial charge on any atom is -0.366 e. The van der Waals surface area contributed by atoms with Gasteiger partial charge in [-0.3, -0.25) is 4.79 Å². The number of nitrogens with two attached hydrogens (primary N) is 1. The zero-order valence-corrected chi connectivity index (χ0v) is 13.0. The summed E-state index contributed by atoms with van der Waals surface area (Å²) in [6, 6.07) is 10.6. The van der Waals surface area contributed by atoms with Gasteiger partial charge in [-0.05, 0) is 43.4 Å². The molecule has 3 rings (SSSR count). The first kappa shape index (κ1) is 14.3. The maximum absolute atomic E-state index is 11.1. The lowest BCUT2D eigenvalue weighted by molar-refractivity contribution is 0.100. The van der Waals surface area contributed by atoms with E-state index in [1.54, 1.807) is 11.3 Å². The van der Waals surface area contributed by atoms with Crippen LogP contribution in [0.1, 0.15) is 39.7 Å². The Hall–Kier alpha value is -1.65. The standard InChI is InChI=1S/C17H20N2OS/c1-17(7-6-12-4-2-3-5-13(12)9-17)19-10-15-8-14(11-21-15)16(18)20/h2-5,8,11,19H,6-7,9-10H2,1H3,(H2,18,20). The quantitative estimate of drug-likeness (QED) is 0.912. The molecule has 1 aromatic heterocycles. The van der Waals surface area contributed by atoms with Gasteiger partial charge >= 0.3 is 0 Å². The number of aryl methyl sites for hydroxylation is 1. The van der Waals surface area contributed by atoms with Crippen molar-refractivity contribution in [2.24, 2.45) is 5.73 Å². The number of primary amides is 1. The Labute approximate surface area is 129 Å². The third kappa shape index (κ3) is 3.17. The van der Waals surface area contributed by atoms with Gasteiger partial charge in [0.2, 0.25) is 5.91 Å². The lowest BCUT2D eigenvalue weighted by Crippen LogP contribution is -2.46. The maximum Gasteiger partial charge on any atom is 0.249 e. The van der Waals surface area contributed by atoms with Gasteiger partial charge in [-0.25, -0.2) is 0 Å². The predicted molar refractivity (Wildman–Crippen MR) is 86.5 cm³/mol. The summed E-state index contributed by atoms with van der Waals surface area (Å²) in [5.74, 6) is -0.352. The predicted octanol–water partition coefficient (Wildman–Crippen LogP) is 2.88. The molecule has 0 aliphatic heterocycles. The van der Waals surface area contributed by atoms with Gasteiger partial charge in [0.1, 0.15) is 0 Å². The summed E-state index contributed by atoms with van der Waals surface area (Å²) in [6.07, 6.45) is 3.31. The van der Waals surface area contributed by atoms with E-state index in [9.17, 15) is 4.79 Å². The van der Waals surface area contributed by atoms with Gasteiger partial charge < -0.3 is 11.1 Å². The van der Waals surface area contributed by atoms with Gasteiger partial charge in [-0.1, -0.05) is 24.3 Å². The minimum absolute atomic E-state index is 0.116. The van der Waals surface area contributed by atoms with E-state index in [-0.39, 0.29) is 11.4 Å². The van der Waals surface area contributed by atoms with Crippen LogP contribution < -0.4 is 11.1 Å². The smallest absolute Gasteiger partial charge is 0.249 e. The van der Waals surface area contributed by atoms with Crippen LogP contribution in [-0.4, -0.2) is 11.4 Å². The van der Waals surface area contributed by atoms with Gasteiger partial charge in [0, 0.05) is 22.3 Å². The Bertz CT molecular complexity index is 664. The first-order valence-corrected chi connectivity index (χ1v) is 8.13. The molecule has 0 radical (unpaired) electrons. The van der Waals surface area contributed by atoms with Crippen LogP contribution in [0, 0.1) is 0 Å². The first-order valence-electron chi connectivity index (χ1n) is 7.25. The molecular weight excluding hydrogens is 280 g/mol. The summed E-state index contributed by atoms with van der Waals surface area (Å²) in [7, 11) is 0. The van der Waals surface area contributed by atoms with E-state index in [2.05, 4.69) is 36.5 Å². The number of rotatable bonds is 4. The summed E-state index contributed by atoms with van der Waals surface area (Å²) in [5.41, 5.74) is 8.94. The molecule has 1 heterocycles. The third-order valence-corrected chi connectivity index (χ3v) is 5.21. The first-order chi connectivity index (χ1) is 10.1. The van der Waals surface area contributed by atoms with Gasteiger partial charge in [-0.2, -0.15) is 0 Å². The number of amides is 1. The number of thiophene rings is 1. The Morgan fingerprint density at radius 2 is 2.14 bits per heavy atom. The zero-order chi connectivity index (χ0) is 14.9. The van der Waals surface area contributed by atoms with Crippen molar-refractivity contribution in [3.05, 3.63) is 57.3 Å². The molecular formula is C17H20N2OS. The molecule has 1 amide bonds. The Balaban J connectivity index is 1.66. The molecule has 0 saturated carbocycles. The van der Waals surface area contributed by atoms with Crippen LogP contribution in [0.5, 0.6) is 0 Å². The summed E-state index contributed by atoms with van der Waals surface area (Å²) in [4.78, 5) is 12.3. The number of hydrogen-bond donors (Lipinski definition) is 2. The Morgan fingerprint density at radius 3 is 2.86 bits per heavy atom. The van der Waals surface area contributed by atoms with Gasteiger partial charge in [0.15, 0.2) is 0 Å². The fourth-order valence-electron chi connectivity index (χ4n) is 2.95. The number of benzene rings is 1. The molecule has 1 unspecified atom stereocenters. The largest absolute Gasteiger partial charge is 0.366 e. The highest BCUT2D eigenvalue weighted by molar-refractivity contribution is 7.10. The molecule has 3 nitrogen and oxygen atoms in total. The van der Waals surface area contributed by atoms with Crippen molar-refractivity contribution >= 4 is 17.2 Å². The monoisotopic (exact) mass is 300 g/mol. The molecule has 3 N–H and O–H groups in total. The molecule has 0 saturated heterocycles. The van der Waals surface area contributed by atoms with Crippen LogP contribution in [0.15, 0.2) is 35.7 Å². The molecule has 1 aliphatic rings. The molecule has 1 aromatic carbocycles. The summed E-state index contributed by atoms with van der Waals surface area (Å²) >= 11 is 1.59. The molecule has 21 heavy (non-hydrogen) atoms. The maximum atomic E-state index is 11.1. The second kappa shape index (κ2) is 5.62. The molecule has 2 aromatic rings. The van der Waals surface area contributed by atoms with Crippen molar-refractivity contribution in [3.63, 3.8) is 0 Å². The van der Waals surface area contributed by atoms with E-state index >= 15 is 0 Å². The van der Waals surface area contributed by atoms with Crippen LogP contribution in [0.25, 0.3) is 0 Å². The molecule has 0 bridgehead atoms. The number of hydrogen-bond acceptors (Lipinski definition) is 3. The molecule has 0 spiro atoms. The minimum atomic E-state index is -0.352. The fraction of sp³-hybridized carbons (Fsp3) is 0.353. The van der Waals surface area contributed by atoms with Crippen LogP contribution in [0.2, 0.25) is 0 Å². The molecule has 1 aliphatic carbocycles. The van der Waals surface area contributed by atoms with Crippen LogP contribution >= 0.6 is 11.3 Å². The third-order valence-electron chi connectivity index (χ3n) is 4.27. The van der Waals surface area contributed by atoms with E-state index in [4.69, 9.17) is 5.73 Å². The Morgan fingerprint density at radius 1 is 1.38 bits per heavy atom. The molecule has 110 valence electrons. The highest BCUT2D eigenvalue weighted by Crippen LogP contribution is 2.29. The molecule has 1 atom stereocenters. The van der Waals surface area contributed by atoms with Crippen molar-refractivity contribution in [1.29, 1.82) is 0 Å². The highest BCUT2D eigenvalue weighted by Gasteiger charge is 2.29. The van der Waals surface area contributed by atoms with Crippen LogP contribution in [-0.2, 0) is 19.4 Å². The highest BCUT2D eigenvalue weighted by atomic mass is 32.1. The van der Waals surface area contributed by atoms with Crippen molar-refractivity contribution in [2.75, 3.05) is 0 Å². The van der Waals surface area contributed by atoms with E-state index in [1.807, 2.05) is 11.4 Å². The summed E-state index contributed by atoms with van der Waals surface area (Å²) in [5, 5.41) is 5.50. The zero-order valence-electron chi connectivity index (χ0n) is 12.2. The van der Waals surface area contributed by atoms with Gasteiger partial charge in [0.05, 0.1) is 5.56 Å². The lowest BCUT2D eigenvalue weighted by atomic mass is 9.79. The van der Waals surface area contributed by atoms with Crippen molar-refractivity contribution < 1.29 is 4.79 Å². The summed E-state index contributed by atoms with van der Waals surface area (Å²) in [6.45, 7) is 3.07.